The van der Waals surface area contributed by atoms with Gasteiger partial charge in [0.1, 0.15) is 0 Å². The number of aryl methyl sites for hydroxylation is 1. The van der Waals surface area contributed by atoms with Gasteiger partial charge in [-0.1, -0.05) is 16.9 Å². The minimum Gasteiger partial charge on any atom is -0.411 e. The monoisotopic (exact) mass is 183 g/mol. The third-order valence-electron chi connectivity index (χ3n) is 1.88. The fraction of sp³-hybridized carbons (Fsp3) is 0.429. The number of hydrogen-bond acceptors (Lipinski definition) is 4. The Hall–Kier alpha value is -0.970. The molecule has 1 aliphatic heterocycles. The summed E-state index contributed by atoms with van der Waals surface area (Å²) in [5.41, 5.74) is 1.84. The lowest BCUT2D eigenvalue weighted by Crippen LogP contribution is -2.00. The zero-order valence-corrected chi connectivity index (χ0v) is 7.51. The molecule has 0 fully saturated rings. The third kappa shape index (κ3) is 1.01. The number of fused-ring (bicyclic) bond motifs is 1. The largest absolute Gasteiger partial charge is 0.411 e. The maximum absolute atomic E-state index is 8.42. The smallest absolute Gasteiger partial charge is 0.168 e. The summed E-state index contributed by atoms with van der Waals surface area (Å²) in [5.74, 6) is 1.06. The van der Waals surface area contributed by atoms with Crippen LogP contribution in [0.15, 0.2) is 10.3 Å². The summed E-state index contributed by atoms with van der Waals surface area (Å²) in [4.78, 5) is 4.33. The van der Waals surface area contributed by atoms with Crippen LogP contribution in [0.1, 0.15) is 11.4 Å². The highest BCUT2D eigenvalue weighted by Gasteiger charge is 2.17. The second-order valence-corrected chi connectivity index (χ2v) is 3.67. The van der Waals surface area contributed by atoms with E-state index < -0.39 is 0 Å². The Morgan fingerprint density at radius 2 is 2.58 bits per heavy atom. The first-order chi connectivity index (χ1) is 5.83. The van der Waals surface area contributed by atoms with Gasteiger partial charge in [0, 0.05) is 12.3 Å². The van der Waals surface area contributed by atoms with Crippen LogP contribution in [0.25, 0.3) is 0 Å². The Balaban J connectivity index is 2.51. The van der Waals surface area contributed by atoms with Gasteiger partial charge in [-0.2, -0.15) is 0 Å². The number of nitrogens with zero attached hydrogens (tertiary/aromatic N) is 3. The second-order valence-electron chi connectivity index (χ2n) is 2.61. The average Bonchev–Trinajstić information content (AvgIpc) is 2.56. The summed E-state index contributed by atoms with van der Waals surface area (Å²) < 4.78 is 2.07. The van der Waals surface area contributed by atoms with Gasteiger partial charge >= 0.3 is 0 Å². The minimum absolute atomic E-state index is 0.914. The van der Waals surface area contributed by atoms with Gasteiger partial charge in [-0.15, -0.1) is 0 Å². The minimum atomic E-state index is 0.914. The van der Waals surface area contributed by atoms with Gasteiger partial charge < -0.3 is 9.77 Å². The number of oxime groups is 1. The molecule has 1 N–H and O–H groups in total. The quantitative estimate of drug-likeness (QED) is 0.403. The van der Waals surface area contributed by atoms with Crippen LogP contribution in [0.4, 0.5) is 0 Å². The van der Waals surface area contributed by atoms with Gasteiger partial charge in [0.2, 0.25) is 0 Å². The Bertz CT molecular complexity index is 332. The van der Waals surface area contributed by atoms with Crippen molar-refractivity contribution in [1.82, 2.24) is 9.55 Å². The Morgan fingerprint density at radius 1 is 1.75 bits per heavy atom. The molecule has 2 rings (SSSR count). The highest BCUT2D eigenvalue weighted by atomic mass is 32.2. The molecule has 0 bridgehead atoms. The second kappa shape index (κ2) is 2.82. The predicted octanol–water partition coefficient (Wildman–Crippen LogP) is 1.11. The summed E-state index contributed by atoms with van der Waals surface area (Å²) in [7, 11) is 0. The molecule has 1 aromatic heterocycles. The molecular weight excluding hydrogens is 174 g/mol. The van der Waals surface area contributed by atoms with Gasteiger partial charge in [0.15, 0.2) is 5.16 Å². The average molecular weight is 183 g/mol. The summed E-state index contributed by atoms with van der Waals surface area (Å²) in [6.45, 7) is 2.88. The Labute approximate surface area is 74.3 Å². The van der Waals surface area contributed by atoms with Crippen LogP contribution in [-0.4, -0.2) is 26.7 Å². The van der Waals surface area contributed by atoms with Crippen LogP contribution < -0.4 is 0 Å². The molecule has 0 saturated heterocycles. The van der Waals surface area contributed by atoms with E-state index in [0.717, 1.165) is 28.8 Å². The number of imidazole rings is 1. The molecule has 0 spiro atoms. The fourth-order valence-electron chi connectivity index (χ4n) is 1.33. The summed E-state index contributed by atoms with van der Waals surface area (Å²) >= 11 is 1.74. The van der Waals surface area contributed by atoms with Crippen molar-refractivity contribution in [2.45, 2.75) is 18.6 Å². The van der Waals surface area contributed by atoms with Gasteiger partial charge in [0.25, 0.3) is 0 Å². The molecule has 0 unspecified atom stereocenters. The predicted molar refractivity (Wildman–Crippen MR) is 47.1 cm³/mol. The number of rotatable bonds is 1. The van der Waals surface area contributed by atoms with Crippen molar-refractivity contribution < 1.29 is 5.21 Å². The first-order valence-corrected chi connectivity index (χ1v) is 4.69. The molecule has 64 valence electrons. The number of thioether (sulfide) groups is 1. The maximum Gasteiger partial charge on any atom is 0.168 e. The zero-order chi connectivity index (χ0) is 8.55. The molecule has 12 heavy (non-hydrogen) atoms. The van der Waals surface area contributed by atoms with Gasteiger partial charge in [-0.3, -0.25) is 0 Å². The summed E-state index contributed by atoms with van der Waals surface area (Å²) in [6, 6.07) is 0. The number of hydrogen-bond donors (Lipinski definition) is 1. The fourth-order valence-corrected chi connectivity index (χ4v) is 2.34. The van der Waals surface area contributed by atoms with E-state index in [-0.39, 0.29) is 0 Å². The van der Waals surface area contributed by atoms with Crippen molar-refractivity contribution in [3.8, 4) is 0 Å². The van der Waals surface area contributed by atoms with Gasteiger partial charge in [-0.05, 0) is 6.92 Å². The van der Waals surface area contributed by atoms with Gasteiger partial charge in [0.05, 0.1) is 17.6 Å². The molecule has 0 amide bonds. The lowest BCUT2D eigenvalue weighted by Gasteiger charge is -1.96. The highest BCUT2D eigenvalue weighted by Crippen LogP contribution is 2.26. The summed E-state index contributed by atoms with van der Waals surface area (Å²) in [5, 5.41) is 12.5. The van der Waals surface area contributed by atoms with Crippen LogP contribution in [0.2, 0.25) is 0 Å². The molecule has 0 aliphatic carbocycles. The van der Waals surface area contributed by atoms with E-state index in [0.29, 0.717) is 0 Å². The van der Waals surface area contributed by atoms with Crippen molar-refractivity contribution >= 4 is 18.0 Å². The highest BCUT2D eigenvalue weighted by molar-refractivity contribution is 7.99. The standard InChI is InChI=1S/C7H9N3OS/c1-5-6(4-8-11)10-2-3-12-7(10)9-5/h4,11H,2-3H2,1H3. The van der Waals surface area contributed by atoms with E-state index in [4.69, 9.17) is 5.21 Å². The SMILES string of the molecule is Cc1nc2n(c1C=NO)CCS2. The lowest BCUT2D eigenvalue weighted by atomic mass is 10.3. The molecule has 5 heteroatoms. The van der Waals surface area contributed by atoms with Crippen molar-refractivity contribution in [1.29, 1.82) is 0 Å². The molecule has 2 heterocycles. The third-order valence-corrected chi connectivity index (χ3v) is 2.84. The van der Waals surface area contributed by atoms with E-state index in [2.05, 4.69) is 14.7 Å². The Kier molecular flexibility index (Phi) is 1.80. The first kappa shape index (κ1) is 7.67. The van der Waals surface area contributed by atoms with Gasteiger partial charge in [-0.25, -0.2) is 4.98 Å². The molecule has 0 saturated carbocycles. The number of aromatic nitrogens is 2. The molecule has 1 aliphatic rings. The molecule has 1 aromatic rings. The van der Waals surface area contributed by atoms with E-state index in [1.165, 1.54) is 6.21 Å². The maximum atomic E-state index is 8.42. The summed E-state index contributed by atoms with van der Waals surface area (Å²) in [6.07, 6.45) is 1.44. The normalized spacial score (nSPS) is 15.8. The van der Waals surface area contributed by atoms with Crippen molar-refractivity contribution in [3.63, 3.8) is 0 Å². The zero-order valence-electron chi connectivity index (χ0n) is 6.69. The molecule has 0 atom stereocenters. The van der Waals surface area contributed by atoms with Crippen molar-refractivity contribution in [2.75, 3.05) is 5.75 Å². The van der Waals surface area contributed by atoms with Crippen LogP contribution in [-0.2, 0) is 6.54 Å². The van der Waals surface area contributed by atoms with E-state index in [1.807, 2.05) is 6.92 Å². The van der Waals surface area contributed by atoms with Crippen LogP contribution in [0.5, 0.6) is 0 Å². The molecular formula is C7H9N3OS. The molecule has 4 nitrogen and oxygen atoms in total. The molecule has 0 radical (unpaired) electrons. The molecule has 0 aromatic carbocycles. The van der Waals surface area contributed by atoms with E-state index in [9.17, 15) is 0 Å². The van der Waals surface area contributed by atoms with Crippen LogP contribution >= 0.6 is 11.8 Å². The van der Waals surface area contributed by atoms with Crippen LogP contribution in [0, 0.1) is 6.92 Å². The van der Waals surface area contributed by atoms with E-state index in [1.54, 1.807) is 11.8 Å². The van der Waals surface area contributed by atoms with E-state index >= 15 is 0 Å². The van der Waals surface area contributed by atoms with Crippen LogP contribution in [0.3, 0.4) is 0 Å². The van der Waals surface area contributed by atoms with Crippen molar-refractivity contribution in [3.05, 3.63) is 11.4 Å². The van der Waals surface area contributed by atoms with Crippen molar-refractivity contribution in [2.24, 2.45) is 5.16 Å². The first-order valence-electron chi connectivity index (χ1n) is 3.70. The topological polar surface area (TPSA) is 50.4 Å². The lowest BCUT2D eigenvalue weighted by molar-refractivity contribution is 0.321. The Morgan fingerprint density at radius 3 is 3.33 bits per heavy atom.